The van der Waals surface area contributed by atoms with Gasteiger partial charge in [-0.3, -0.25) is 0 Å². The van der Waals surface area contributed by atoms with Crippen LogP contribution >= 0.6 is 22.6 Å². The van der Waals surface area contributed by atoms with E-state index in [1.165, 1.54) is 0 Å². The predicted molar refractivity (Wildman–Crippen MR) is 49.0 cm³/mol. The summed E-state index contributed by atoms with van der Waals surface area (Å²) < 4.78 is -0.817. The summed E-state index contributed by atoms with van der Waals surface area (Å²) in [4.78, 5) is 10.1. The Kier molecular flexibility index (Phi) is 5.93. The van der Waals surface area contributed by atoms with Gasteiger partial charge in [0.25, 0.3) is 0 Å². The Hall–Kier alpha value is 0.240. The maximum absolute atomic E-state index is 10.1. The first-order chi connectivity index (χ1) is 5.54. The Bertz CT molecular complexity index is 142. The summed E-state index contributed by atoms with van der Waals surface area (Å²) in [6.45, 7) is -0.605. The highest BCUT2D eigenvalue weighted by Crippen LogP contribution is 2.13. The fraction of sp³-hybridized carbons (Fsp3) is 0.833. The molecule has 0 heterocycles. The summed E-state index contributed by atoms with van der Waals surface area (Å²) >= 11 is 1.63. The molecule has 0 saturated carbocycles. The van der Waals surface area contributed by atoms with Crippen molar-refractivity contribution >= 4 is 28.9 Å². The third-order valence-corrected chi connectivity index (χ3v) is 2.85. The highest BCUT2D eigenvalue weighted by molar-refractivity contribution is 14.1. The second-order valence-electron chi connectivity index (χ2n) is 2.31. The molecule has 0 bridgehead atoms. The summed E-state index contributed by atoms with van der Waals surface area (Å²) in [7, 11) is 0. The molecule has 4 N–H and O–H groups in total. The summed E-state index contributed by atoms with van der Waals surface area (Å²) in [5.74, 6) is 0. The van der Waals surface area contributed by atoms with Crippen LogP contribution in [0.2, 0.25) is 0 Å². The standard InChI is InChI=1S/C6H11IO5/c7-5(3(10)1-8)6(12)4(11)2-9/h1,3-6,9-12H,2H2/t3-,4+,5+,6+/m0/s1/i7-3. The van der Waals surface area contributed by atoms with E-state index < -0.39 is 28.8 Å². The van der Waals surface area contributed by atoms with Crippen molar-refractivity contribution in [1.82, 2.24) is 0 Å². The molecule has 0 aromatic carbocycles. The fourth-order valence-corrected chi connectivity index (χ4v) is 1.25. The Balaban J connectivity index is 4.07. The number of hydrogen-bond acceptors (Lipinski definition) is 5. The molecule has 0 saturated heterocycles. The molecule has 0 rings (SSSR count). The first kappa shape index (κ1) is 12.2. The maximum Gasteiger partial charge on any atom is 0.149 e. The molecule has 0 spiro atoms. The summed E-state index contributed by atoms with van der Waals surface area (Å²) in [5, 5.41) is 35.4. The minimum absolute atomic E-state index is 0.268. The van der Waals surface area contributed by atoms with E-state index in [9.17, 15) is 4.79 Å². The molecule has 0 unspecified atom stereocenters. The van der Waals surface area contributed by atoms with E-state index in [4.69, 9.17) is 20.4 Å². The van der Waals surface area contributed by atoms with Crippen LogP contribution in [0.25, 0.3) is 0 Å². The third-order valence-electron chi connectivity index (χ3n) is 1.37. The van der Waals surface area contributed by atoms with Gasteiger partial charge in [-0.1, -0.05) is 22.6 Å². The number of hydrogen-bond donors (Lipinski definition) is 4. The lowest BCUT2D eigenvalue weighted by atomic mass is 10.1. The highest BCUT2D eigenvalue weighted by Gasteiger charge is 2.28. The van der Waals surface area contributed by atoms with Crippen LogP contribution < -0.4 is 0 Å². The predicted octanol–water partition coefficient (Wildman–Crippen LogP) is -1.94. The monoisotopic (exact) mass is 287 g/mol. The maximum atomic E-state index is 10.1. The summed E-state index contributed by atoms with van der Waals surface area (Å²) in [5.41, 5.74) is 0. The van der Waals surface area contributed by atoms with Crippen LogP contribution in [0.3, 0.4) is 0 Å². The van der Waals surface area contributed by atoms with Crippen LogP contribution in [-0.4, -0.2) is 55.6 Å². The van der Waals surface area contributed by atoms with Gasteiger partial charge >= 0.3 is 0 Å². The number of aliphatic hydroxyl groups is 4. The second-order valence-corrected chi connectivity index (χ2v) is 3.75. The van der Waals surface area contributed by atoms with Crippen molar-refractivity contribution in [3.63, 3.8) is 0 Å². The average molecular weight is 287 g/mol. The Morgan fingerprint density at radius 3 is 2.17 bits per heavy atom. The number of aliphatic hydroxyl groups excluding tert-OH is 4. The van der Waals surface area contributed by atoms with Gasteiger partial charge in [-0.2, -0.15) is 0 Å². The van der Waals surface area contributed by atoms with E-state index in [1.54, 1.807) is 22.6 Å². The largest absolute Gasteiger partial charge is 0.394 e. The first-order valence-electron chi connectivity index (χ1n) is 3.29. The van der Waals surface area contributed by atoms with Crippen LogP contribution in [0.5, 0.6) is 0 Å². The van der Waals surface area contributed by atoms with Gasteiger partial charge in [0, 0.05) is 0 Å². The Morgan fingerprint density at radius 2 is 1.83 bits per heavy atom. The van der Waals surface area contributed by atoms with Gasteiger partial charge in [0.2, 0.25) is 0 Å². The fourth-order valence-electron chi connectivity index (χ4n) is 0.597. The minimum Gasteiger partial charge on any atom is -0.394 e. The van der Waals surface area contributed by atoms with Gasteiger partial charge in [-0.25, -0.2) is 0 Å². The molecule has 0 aliphatic heterocycles. The van der Waals surface area contributed by atoms with E-state index >= 15 is 0 Å². The van der Waals surface area contributed by atoms with Crippen molar-refractivity contribution < 1.29 is 25.2 Å². The molecule has 0 aromatic rings. The van der Waals surface area contributed by atoms with Crippen LogP contribution in [0.15, 0.2) is 0 Å². The van der Waals surface area contributed by atoms with Gasteiger partial charge in [-0.05, 0) is 0 Å². The lowest BCUT2D eigenvalue weighted by molar-refractivity contribution is -0.116. The summed E-state index contributed by atoms with van der Waals surface area (Å²) in [6, 6.07) is 0. The molecule has 0 fully saturated rings. The molecule has 4 atom stereocenters. The summed E-state index contributed by atoms with van der Waals surface area (Å²) in [6.07, 6.45) is -3.70. The lowest BCUT2D eigenvalue weighted by Gasteiger charge is -2.22. The van der Waals surface area contributed by atoms with Gasteiger partial charge in [-0.15, -0.1) is 0 Å². The van der Waals surface area contributed by atoms with Crippen LogP contribution in [-0.2, 0) is 4.79 Å². The van der Waals surface area contributed by atoms with E-state index in [0.29, 0.717) is 0 Å². The number of aldehydes is 1. The Morgan fingerprint density at radius 1 is 1.33 bits per heavy atom. The molecule has 5 nitrogen and oxygen atoms in total. The number of carbonyl (C=O) groups is 1. The van der Waals surface area contributed by atoms with Gasteiger partial charge in [0.15, 0.2) is 0 Å². The van der Waals surface area contributed by atoms with Crippen molar-refractivity contribution in [2.45, 2.75) is 22.2 Å². The number of alkyl halides is 1. The lowest BCUT2D eigenvalue weighted by Crippen LogP contribution is -2.42. The van der Waals surface area contributed by atoms with Gasteiger partial charge in [0.05, 0.1) is 16.6 Å². The van der Waals surface area contributed by atoms with Crippen molar-refractivity contribution in [1.29, 1.82) is 0 Å². The van der Waals surface area contributed by atoms with E-state index in [0.717, 1.165) is 0 Å². The molecule has 0 amide bonds. The van der Waals surface area contributed by atoms with E-state index in [2.05, 4.69) is 0 Å². The first-order valence-corrected chi connectivity index (χ1v) is 4.53. The average Bonchev–Trinajstić information content (AvgIpc) is 2.12. The van der Waals surface area contributed by atoms with Crippen LogP contribution in [0, 0.1) is 0 Å². The topological polar surface area (TPSA) is 98.0 Å². The van der Waals surface area contributed by atoms with Gasteiger partial charge in [0.1, 0.15) is 18.5 Å². The molecule has 6 heteroatoms. The molecule has 72 valence electrons. The second kappa shape index (κ2) is 5.81. The van der Waals surface area contributed by atoms with Crippen molar-refractivity contribution in [2.24, 2.45) is 0 Å². The normalized spacial score (nSPS) is 21.1. The third kappa shape index (κ3) is 3.31. The smallest absolute Gasteiger partial charge is 0.149 e. The van der Waals surface area contributed by atoms with E-state index in [-0.39, 0.29) is 6.29 Å². The number of halogens is 1. The van der Waals surface area contributed by atoms with E-state index in [1.807, 2.05) is 0 Å². The molecule has 0 radical (unpaired) electrons. The van der Waals surface area contributed by atoms with Crippen LogP contribution in [0.4, 0.5) is 0 Å². The zero-order valence-electron chi connectivity index (χ0n) is 6.17. The zero-order valence-corrected chi connectivity index (χ0v) is 8.33. The molecule has 0 aromatic heterocycles. The SMILES string of the molecule is O=C[C@H](O)[C@@H]([124I])[C@H](O)[C@H](O)CO. The molecule has 12 heavy (non-hydrogen) atoms. The Labute approximate surface area is 83.2 Å². The molecule has 0 aliphatic carbocycles. The van der Waals surface area contributed by atoms with Gasteiger partial charge < -0.3 is 25.2 Å². The molecular weight excluding hydrogens is 276 g/mol. The highest BCUT2D eigenvalue weighted by atomic mass is 124. The quantitative estimate of drug-likeness (QED) is 0.268. The van der Waals surface area contributed by atoms with Crippen molar-refractivity contribution in [2.75, 3.05) is 6.61 Å². The molecule has 0 aliphatic rings. The van der Waals surface area contributed by atoms with Crippen molar-refractivity contribution in [3.8, 4) is 0 Å². The van der Waals surface area contributed by atoms with Crippen LogP contribution in [0.1, 0.15) is 0 Å². The number of rotatable bonds is 5. The number of carbonyl (C=O) groups excluding carboxylic acids is 1. The van der Waals surface area contributed by atoms with Crippen molar-refractivity contribution in [3.05, 3.63) is 0 Å². The minimum atomic E-state index is -1.33. The molecular formula is C6H11IO5. The zero-order chi connectivity index (χ0) is 9.72.